The lowest BCUT2D eigenvalue weighted by Gasteiger charge is -2.18. The van der Waals surface area contributed by atoms with Gasteiger partial charge in [-0.2, -0.15) is 5.10 Å². The molecule has 1 saturated carbocycles. The van der Waals surface area contributed by atoms with Crippen molar-refractivity contribution in [2.24, 2.45) is 5.92 Å². The van der Waals surface area contributed by atoms with Gasteiger partial charge in [0.2, 0.25) is 0 Å². The lowest BCUT2D eigenvalue weighted by atomic mass is 10.0. The van der Waals surface area contributed by atoms with Crippen molar-refractivity contribution in [3.05, 3.63) is 76.4 Å². The SMILES string of the molecule is Cc1ccc(-n2nc(C)cc2NC(=O)C(=O)N[C@H](c2ccc(Cl)cc2)C2CC2)cc1. The standard InChI is InChI=1S/C23H23ClN4O2/c1-14-3-11-19(12-4-14)28-20(13-15(2)27-28)25-22(29)23(30)26-21(16-5-6-16)17-7-9-18(24)10-8-17/h3-4,7-13,16,21H,5-6H2,1-2H3,(H,25,29)(H,26,30)/t21-/m0/s1. The summed E-state index contributed by atoms with van der Waals surface area (Å²) in [7, 11) is 0. The van der Waals surface area contributed by atoms with Crippen LogP contribution in [0.4, 0.5) is 5.82 Å². The van der Waals surface area contributed by atoms with Crippen molar-refractivity contribution < 1.29 is 9.59 Å². The smallest absolute Gasteiger partial charge is 0.314 e. The van der Waals surface area contributed by atoms with Crippen LogP contribution in [-0.4, -0.2) is 21.6 Å². The van der Waals surface area contributed by atoms with Crippen LogP contribution in [-0.2, 0) is 9.59 Å². The second-order valence-electron chi connectivity index (χ2n) is 7.71. The van der Waals surface area contributed by atoms with Gasteiger partial charge in [0.15, 0.2) is 0 Å². The van der Waals surface area contributed by atoms with Crippen LogP contribution in [0.3, 0.4) is 0 Å². The van der Waals surface area contributed by atoms with E-state index in [2.05, 4.69) is 15.7 Å². The van der Waals surface area contributed by atoms with Gasteiger partial charge in [0.25, 0.3) is 0 Å². The molecule has 1 aliphatic carbocycles. The Kier molecular flexibility index (Phi) is 5.59. The monoisotopic (exact) mass is 422 g/mol. The lowest BCUT2D eigenvalue weighted by Crippen LogP contribution is -2.38. The number of hydrogen-bond acceptors (Lipinski definition) is 3. The van der Waals surface area contributed by atoms with Gasteiger partial charge < -0.3 is 10.6 Å². The Morgan fingerprint density at radius 1 is 1.03 bits per heavy atom. The fourth-order valence-electron chi connectivity index (χ4n) is 3.42. The van der Waals surface area contributed by atoms with Gasteiger partial charge in [-0.15, -0.1) is 0 Å². The zero-order valence-electron chi connectivity index (χ0n) is 16.9. The number of halogens is 1. The second kappa shape index (κ2) is 8.32. The molecule has 1 atom stereocenters. The van der Waals surface area contributed by atoms with Crippen LogP contribution in [0.15, 0.2) is 54.6 Å². The molecule has 1 heterocycles. The summed E-state index contributed by atoms with van der Waals surface area (Å²) in [4.78, 5) is 25.3. The third-order valence-electron chi connectivity index (χ3n) is 5.17. The molecule has 2 amide bonds. The lowest BCUT2D eigenvalue weighted by molar-refractivity contribution is -0.136. The molecule has 7 heteroatoms. The molecule has 1 aliphatic rings. The predicted molar refractivity (Wildman–Crippen MR) is 117 cm³/mol. The van der Waals surface area contributed by atoms with Gasteiger partial charge in [-0.1, -0.05) is 41.4 Å². The zero-order valence-corrected chi connectivity index (χ0v) is 17.6. The van der Waals surface area contributed by atoms with E-state index in [-0.39, 0.29) is 6.04 Å². The molecule has 0 spiro atoms. The van der Waals surface area contributed by atoms with Crippen molar-refractivity contribution in [3.8, 4) is 5.69 Å². The summed E-state index contributed by atoms with van der Waals surface area (Å²) in [6.07, 6.45) is 2.04. The number of carbonyl (C=O) groups is 2. The third-order valence-corrected chi connectivity index (χ3v) is 5.42. The fraction of sp³-hybridized carbons (Fsp3) is 0.261. The van der Waals surface area contributed by atoms with E-state index in [4.69, 9.17) is 11.6 Å². The maximum absolute atomic E-state index is 12.7. The topological polar surface area (TPSA) is 76.0 Å². The molecule has 3 aromatic rings. The number of aromatic nitrogens is 2. The highest BCUT2D eigenvalue weighted by atomic mass is 35.5. The predicted octanol–water partition coefficient (Wildman–Crippen LogP) is 4.35. The number of nitrogens with zero attached hydrogens (tertiary/aromatic N) is 2. The zero-order chi connectivity index (χ0) is 21.3. The molecule has 6 nitrogen and oxygen atoms in total. The van der Waals surface area contributed by atoms with E-state index in [1.165, 1.54) is 0 Å². The number of benzene rings is 2. The maximum Gasteiger partial charge on any atom is 0.314 e. The first-order chi connectivity index (χ1) is 14.4. The highest BCUT2D eigenvalue weighted by Crippen LogP contribution is 2.41. The highest BCUT2D eigenvalue weighted by Gasteiger charge is 2.34. The quantitative estimate of drug-likeness (QED) is 0.600. The van der Waals surface area contributed by atoms with E-state index in [0.29, 0.717) is 16.8 Å². The Bertz CT molecular complexity index is 1070. The Balaban J connectivity index is 1.49. The first-order valence-electron chi connectivity index (χ1n) is 9.92. The largest absolute Gasteiger partial charge is 0.341 e. The van der Waals surface area contributed by atoms with Gasteiger partial charge >= 0.3 is 11.8 Å². The Labute approximate surface area is 180 Å². The number of aryl methyl sites for hydroxylation is 2. The maximum atomic E-state index is 12.7. The van der Waals surface area contributed by atoms with Crippen LogP contribution >= 0.6 is 11.6 Å². The highest BCUT2D eigenvalue weighted by molar-refractivity contribution is 6.39. The molecule has 2 aromatic carbocycles. The molecule has 2 N–H and O–H groups in total. The van der Waals surface area contributed by atoms with Crippen molar-refractivity contribution in [1.82, 2.24) is 15.1 Å². The van der Waals surface area contributed by atoms with Crippen molar-refractivity contribution in [1.29, 1.82) is 0 Å². The van der Waals surface area contributed by atoms with E-state index >= 15 is 0 Å². The minimum absolute atomic E-state index is 0.204. The number of rotatable bonds is 5. The summed E-state index contributed by atoms with van der Waals surface area (Å²) in [6.45, 7) is 3.84. The van der Waals surface area contributed by atoms with Crippen molar-refractivity contribution in [3.63, 3.8) is 0 Å². The average molecular weight is 423 g/mol. The van der Waals surface area contributed by atoms with Crippen LogP contribution in [0.2, 0.25) is 5.02 Å². The van der Waals surface area contributed by atoms with E-state index in [1.54, 1.807) is 22.9 Å². The van der Waals surface area contributed by atoms with Gasteiger partial charge in [0, 0.05) is 11.1 Å². The summed E-state index contributed by atoms with van der Waals surface area (Å²) in [6, 6.07) is 16.7. The van der Waals surface area contributed by atoms with E-state index in [9.17, 15) is 9.59 Å². The molecular weight excluding hydrogens is 400 g/mol. The molecule has 1 aromatic heterocycles. The number of amides is 2. The normalized spacial score (nSPS) is 14.2. The first kappa shape index (κ1) is 20.2. The van der Waals surface area contributed by atoms with Crippen molar-refractivity contribution in [2.45, 2.75) is 32.7 Å². The molecule has 0 unspecified atom stereocenters. The fourth-order valence-corrected chi connectivity index (χ4v) is 3.55. The van der Waals surface area contributed by atoms with Crippen molar-refractivity contribution >= 4 is 29.2 Å². The van der Waals surface area contributed by atoms with Gasteiger partial charge in [-0.25, -0.2) is 4.68 Å². The number of hydrogen-bond donors (Lipinski definition) is 2. The average Bonchev–Trinajstić information content (AvgIpc) is 3.50. The minimum Gasteiger partial charge on any atom is -0.341 e. The summed E-state index contributed by atoms with van der Waals surface area (Å²) in [5.41, 5.74) is 3.62. The molecule has 4 rings (SSSR count). The van der Waals surface area contributed by atoms with E-state index in [1.807, 2.05) is 50.2 Å². The van der Waals surface area contributed by atoms with Gasteiger partial charge in [0.05, 0.1) is 17.4 Å². The molecule has 154 valence electrons. The number of anilines is 1. The summed E-state index contributed by atoms with van der Waals surface area (Å²) in [5.74, 6) is -0.603. The number of nitrogens with one attached hydrogen (secondary N) is 2. The van der Waals surface area contributed by atoms with Crippen LogP contribution in [0, 0.1) is 19.8 Å². The summed E-state index contributed by atoms with van der Waals surface area (Å²) in [5, 5.41) is 10.7. The second-order valence-corrected chi connectivity index (χ2v) is 8.15. The van der Waals surface area contributed by atoms with E-state index in [0.717, 1.165) is 35.3 Å². The van der Waals surface area contributed by atoms with Gasteiger partial charge in [-0.05, 0) is 62.4 Å². The summed E-state index contributed by atoms with van der Waals surface area (Å²) >= 11 is 5.97. The van der Waals surface area contributed by atoms with Crippen LogP contribution in [0.1, 0.15) is 35.7 Å². The molecule has 0 radical (unpaired) electrons. The Morgan fingerprint density at radius 3 is 2.33 bits per heavy atom. The molecule has 0 bridgehead atoms. The van der Waals surface area contributed by atoms with Crippen LogP contribution in [0.25, 0.3) is 5.69 Å². The molecule has 0 saturated heterocycles. The molecule has 1 fully saturated rings. The number of carbonyl (C=O) groups excluding carboxylic acids is 2. The summed E-state index contributed by atoms with van der Waals surface area (Å²) < 4.78 is 1.62. The van der Waals surface area contributed by atoms with Crippen LogP contribution < -0.4 is 10.6 Å². The van der Waals surface area contributed by atoms with Crippen molar-refractivity contribution in [2.75, 3.05) is 5.32 Å². The molecule has 30 heavy (non-hydrogen) atoms. The first-order valence-corrected chi connectivity index (χ1v) is 10.3. The van der Waals surface area contributed by atoms with E-state index < -0.39 is 11.8 Å². The van der Waals surface area contributed by atoms with Crippen LogP contribution in [0.5, 0.6) is 0 Å². The third kappa shape index (κ3) is 4.54. The van der Waals surface area contributed by atoms with Gasteiger partial charge in [0.1, 0.15) is 5.82 Å². The molecule has 0 aliphatic heterocycles. The minimum atomic E-state index is -0.720. The Hall–Kier alpha value is -3.12. The Morgan fingerprint density at radius 2 is 1.70 bits per heavy atom. The molecular formula is C23H23ClN4O2. The van der Waals surface area contributed by atoms with Gasteiger partial charge in [-0.3, -0.25) is 9.59 Å².